The second-order valence-corrected chi connectivity index (χ2v) is 6.75. The molecular formula is C22H29N3O. The van der Waals surface area contributed by atoms with Crippen LogP contribution in [0.4, 0.5) is 10.5 Å². The third kappa shape index (κ3) is 4.18. The van der Waals surface area contributed by atoms with Crippen molar-refractivity contribution in [3.8, 4) is 0 Å². The number of nitrogens with zero attached hydrogens (tertiary/aromatic N) is 2. The molecular weight excluding hydrogens is 322 g/mol. The summed E-state index contributed by atoms with van der Waals surface area (Å²) in [6.07, 6.45) is 2.09. The predicted molar refractivity (Wildman–Crippen MR) is 108 cm³/mol. The summed E-state index contributed by atoms with van der Waals surface area (Å²) in [5.74, 6) is 0. The van der Waals surface area contributed by atoms with Gasteiger partial charge in [0.25, 0.3) is 0 Å². The Morgan fingerprint density at radius 1 is 0.885 bits per heavy atom. The highest BCUT2D eigenvalue weighted by atomic mass is 16.2. The molecule has 26 heavy (non-hydrogen) atoms. The molecule has 0 unspecified atom stereocenters. The summed E-state index contributed by atoms with van der Waals surface area (Å²) in [6, 6.07) is 16.7. The third-order valence-corrected chi connectivity index (χ3v) is 5.13. The van der Waals surface area contributed by atoms with Gasteiger partial charge < -0.3 is 15.1 Å². The zero-order valence-electron chi connectivity index (χ0n) is 15.9. The van der Waals surface area contributed by atoms with Crippen LogP contribution in [0.3, 0.4) is 0 Å². The van der Waals surface area contributed by atoms with Gasteiger partial charge in [0.2, 0.25) is 0 Å². The molecule has 4 heteroatoms. The van der Waals surface area contributed by atoms with Crippen LogP contribution >= 0.6 is 0 Å². The number of nitrogens with one attached hydrogen (secondary N) is 1. The molecule has 138 valence electrons. The number of carbonyl (C=O) groups is 1. The van der Waals surface area contributed by atoms with Gasteiger partial charge in [0.15, 0.2) is 0 Å². The van der Waals surface area contributed by atoms with Gasteiger partial charge in [-0.25, -0.2) is 4.79 Å². The van der Waals surface area contributed by atoms with E-state index in [-0.39, 0.29) is 6.03 Å². The molecule has 4 nitrogen and oxygen atoms in total. The van der Waals surface area contributed by atoms with E-state index in [1.165, 1.54) is 16.8 Å². The number of carbonyl (C=O) groups excluding carboxylic acids is 1. The summed E-state index contributed by atoms with van der Waals surface area (Å²) in [7, 11) is 0. The van der Waals surface area contributed by atoms with Crippen LogP contribution in [0, 0.1) is 0 Å². The number of anilines is 1. The minimum atomic E-state index is 0.0352. The Morgan fingerprint density at radius 2 is 1.50 bits per heavy atom. The first kappa shape index (κ1) is 18.3. The molecule has 2 aromatic carbocycles. The van der Waals surface area contributed by atoms with Gasteiger partial charge in [-0.3, -0.25) is 0 Å². The van der Waals surface area contributed by atoms with E-state index in [0.29, 0.717) is 6.54 Å². The number of amides is 2. The lowest BCUT2D eigenvalue weighted by atomic mass is 10.0. The molecule has 0 aliphatic carbocycles. The standard InChI is InChI=1S/C22H29N3O/c1-3-19-11-8-12-20(4-2)21(19)24-13-15-25(16-14-24)22(26)23-17-18-9-6-5-7-10-18/h5-12H,3-4,13-17H2,1-2H3,(H,23,26). The van der Waals surface area contributed by atoms with Crippen molar-refractivity contribution < 1.29 is 4.79 Å². The molecule has 0 radical (unpaired) electrons. The number of piperazine rings is 1. The average molecular weight is 351 g/mol. The molecule has 1 aliphatic heterocycles. The zero-order chi connectivity index (χ0) is 18.4. The fraction of sp³-hybridized carbons (Fsp3) is 0.409. The summed E-state index contributed by atoms with van der Waals surface area (Å²) in [5, 5.41) is 3.04. The molecule has 0 aromatic heterocycles. The van der Waals surface area contributed by atoms with Gasteiger partial charge in [-0.1, -0.05) is 62.4 Å². The Bertz CT molecular complexity index is 699. The van der Waals surface area contributed by atoms with Crippen LogP contribution in [0.2, 0.25) is 0 Å². The van der Waals surface area contributed by atoms with E-state index in [0.717, 1.165) is 44.6 Å². The Hall–Kier alpha value is -2.49. The van der Waals surface area contributed by atoms with Gasteiger partial charge in [0.05, 0.1) is 0 Å². The molecule has 0 atom stereocenters. The largest absolute Gasteiger partial charge is 0.368 e. The van der Waals surface area contributed by atoms with Gasteiger partial charge >= 0.3 is 6.03 Å². The van der Waals surface area contributed by atoms with Gasteiger partial charge in [-0.2, -0.15) is 0 Å². The van der Waals surface area contributed by atoms with Gasteiger partial charge in [-0.05, 0) is 29.5 Å². The highest BCUT2D eigenvalue weighted by Crippen LogP contribution is 2.28. The Kier molecular flexibility index (Phi) is 6.16. The number of aryl methyl sites for hydroxylation is 2. The molecule has 1 heterocycles. The van der Waals surface area contributed by atoms with Crippen LogP contribution in [0.5, 0.6) is 0 Å². The first-order valence-corrected chi connectivity index (χ1v) is 9.65. The van der Waals surface area contributed by atoms with E-state index in [2.05, 4.69) is 42.3 Å². The first-order chi connectivity index (χ1) is 12.7. The van der Waals surface area contributed by atoms with Crippen molar-refractivity contribution in [1.29, 1.82) is 0 Å². The lowest BCUT2D eigenvalue weighted by molar-refractivity contribution is 0.194. The van der Waals surface area contributed by atoms with Crippen molar-refractivity contribution in [3.63, 3.8) is 0 Å². The van der Waals surface area contributed by atoms with E-state index >= 15 is 0 Å². The number of para-hydroxylation sites is 1. The summed E-state index contributed by atoms with van der Waals surface area (Å²) >= 11 is 0. The van der Waals surface area contributed by atoms with Crippen LogP contribution in [0.1, 0.15) is 30.5 Å². The molecule has 3 rings (SSSR count). The normalized spacial score (nSPS) is 14.4. The summed E-state index contributed by atoms with van der Waals surface area (Å²) in [6.45, 7) is 8.32. The molecule has 1 saturated heterocycles. The van der Waals surface area contributed by atoms with Crippen LogP contribution in [0.25, 0.3) is 0 Å². The van der Waals surface area contributed by atoms with E-state index in [4.69, 9.17) is 0 Å². The Labute approximate surface area is 156 Å². The molecule has 1 aliphatic rings. The number of hydrogen-bond donors (Lipinski definition) is 1. The summed E-state index contributed by atoms with van der Waals surface area (Å²) in [4.78, 5) is 16.8. The average Bonchev–Trinajstić information content (AvgIpc) is 2.72. The van der Waals surface area contributed by atoms with E-state index in [1.807, 2.05) is 35.2 Å². The molecule has 1 N–H and O–H groups in total. The van der Waals surface area contributed by atoms with Crippen molar-refractivity contribution in [1.82, 2.24) is 10.2 Å². The number of benzene rings is 2. The number of rotatable bonds is 5. The van der Waals surface area contributed by atoms with Crippen molar-refractivity contribution in [2.24, 2.45) is 0 Å². The second kappa shape index (κ2) is 8.75. The van der Waals surface area contributed by atoms with Crippen molar-refractivity contribution >= 4 is 11.7 Å². The summed E-state index contributed by atoms with van der Waals surface area (Å²) < 4.78 is 0. The van der Waals surface area contributed by atoms with Crippen LogP contribution < -0.4 is 10.2 Å². The topological polar surface area (TPSA) is 35.6 Å². The zero-order valence-corrected chi connectivity index (χ0v) is 15.9. The third-order valence-electron chi connectivity index (χ3n) is 5.13. The van der Waals surface area contributed by atoms with Crippen LogP contribution in [-0.4, -0.2) is 37.1 Å². The van der Waals surface area contributed by atoms with E-state index < -0.39 is 0 Å². The Balaban J connectivity index is 1.58. The fourth-order valence-electron chi connectivity index (χ4n) is 3.64. The van der Waals surface area contributed by atoms with E-state index in [9.17, 15) is 4.79 Å². The number of hydrogen-bond acceptors (Lipinski definition) is 2. The molecule has 0 bridgehead atoms. The van der Waals surface area contributed by atoms with Crippen molar-refractivity contribution in [2.75, 3.05) is 31.1 Å². The van der Waals surface area contributed by atoms with Gasteiger partial charge in [0, 0.05) is 38.4 Å². The highest BCUT2D eigenvalue weighted by molar-refractivity contribution is 5.74. The maximum atomic E-state index is 12.5. The molecule has 2 aromatic rings. The lowest BCUT2D eigenvalue weighted by Crippen LogP contribution is -2.52. The monoisotopic (exact) mass is 351 g/mol. The number of urea groups is 1. The quantitative estimate of drug-likeness (QED) is 0.888. The van der Waals surface area contributed by atoms with Gasteiger partial charge in [0.1, 0.15) is 0 Å². The van der Waals surface area contributed by atoms with E-state index in [1.54, 1.807) is 0 Å². The maximum absolute atomic E-state index is 12.5. The molecule has 0 spiro atoms. The molecule has 2 amide bonds. The SMILES string of the molecule is CCc1cccc(CC)c1N1CCN(C(=O)NCc2ccccc2)CC1. The molecule has 0 saturated carbocycles. The molecule has 1 fully saturated rings. The highest BCUT2D eigenvalue weighted by Gasteiger charge is 2.23. The minimum absolute atomic E-state index is 0.0352. The smallest absolute Gasteiger partial charge is 0.317 e. The lowest BCUT2D eigenvalue weighted by Gasteiger charge is -2.38. The van der Waals surface area contributed by atoms with Crippen molar-refractivity contribution in [2.45, 2.75) is 33.2 Å². The predicted octanol–water partition coefficient (Wildman–Crippen LogP) is 3.84. The minimum Gasteiger partial charge on any atom is -0.368 e. The second-order valence-electron chi connectivity index (χ2n) is 6.75. The Morgan fingerprint density at radius 3 is 2.08 bits per heavy atom. The first-order valence-electron chi connectivity index (χ1n) is 9.65. The van der Waals surface area contributed by atoms with Crippen LogP contribution in [0.15, 0.2) is 48.5 Å². The van der Waals surface area contributed by atoms with Gasteiger partial charge in [-0.15, -0.1) is 0 Å². The fourth-order valence-corrected chi connectivity index (χ4v) is 3.64. The van der Waals surface area contributed by atoms with Crippen LogP contribution in [-0.2, 0) is 19.4 Å². The maximum Gasteiger partial charge on any atom is 0.317 e. The summed E-state index contributed by atoms with van der Waals surface area (Å²) in [5.41, 5.74) is 5.34. The van der Waals surface area contributed by atoms with Crippen molar-refractivity contribution in [3.05, 3.63) is 65.2 Å².